The standard InChI is InChI=1S/C22H25FN2O4/c23-17-6-8-18(9-7-17)28-13-3-10-25-16-21(22(26)24-11-14-27-15-12-24)29-20-5-2-1-4-19(20)25/h1-2,4-9,21H,3,10-16H2/t21-/m1/s1. The van der Waals surface area contributed by atoms with Gasteiger partial charge in [-0.2, -0.15) is 0 Å². The fraction of sp³-hybridized carbons (Fsp3) is 0.409. The van der Waals surface area contributed by atoms with E-state index in [1.165, 1.54) is 12.1 Å². The third-order valence-corrected chi connectivity index (χ3v) is 5.11. The lowest BCUT2D eigenvalue weighted by atomic mass is 10.1. The zero-order valence-electron chi connectivity index (χ0n) is 16.3. The lowest BCUT2D eigenvalue weighted by Gasteiger charge is -2.38. The first kappa shape index (κ1) is 19.5. The molecular formula is C22H25FN2O4. The van der Waals surface area contributed by atoms with Crippen LogP contribution in [0.15, 0.2) is 48.5 Å². The van der Waals surface area contributed by atoms with Gasteiger partial charge in [0.1, 0.15) is 17.3 Å². The molecule has 6 nitrogen and oxygen atoms in total. The van der Waals surface area contributed by atoms with Crippen LogP contribution in [0.5, 0.6) is 11.5 Å². The molecular weight excluding hydrogens is 375 g/mol. The number of carbonyl (C=O) groups is 1. The average molecular weight is 400 g/mol. The van der Waals surface area contributed by atoms with Crippen LogP contribution in [-0.4, -0.2) is 62.9 Å². The molecule has 2 heterocycles. The van der Waals surface area contributed by atoms with E-state index in [2.05, 4.69) is 4.90 Å². The smallest absolute Gasteiger partial charge is 0.265 e. The average Bonchev–Trinajstić information content (AvgIpc) is 2.77. The predicted molar refractivity (Wildman–Crippen MR) is 107 cm³/mol. The Hall–Kier alpha value is -2.80. The van der Waals surface area contributed by atoms with Gasteiger partial charge in [-0.3, -0.25) is 4.79 Å². The zero-order valence-corrected chi connectivity index (χ0v) is 16.3. The second-order valence-corrected chi connectivity index (χ2v) is 7.11. The highest BCUT2D eigenvalue weighted by atomic mass is 19.1. The van der Waals surface area contributed by atoms with Gasteiger partial charge in [-0.15, -0.1) is 0 Å². The monoisotopic (exact) mass is 400 g/mol. The minimum Gasteiger partial charge on any atom is -0.494 e. The first-order valence-corrected chi connectivity index (χ1v) is 9.96. The summed E-state index contributed by atoms with van der Waals surface area (Å²) >= 11 is 0. The number of halogens is 1. The van der Waals surface area contributed by atoms with E-state index in [-0.39, 0.29) is 11.7 Å². The second kappa shape index (κ2) is 9.13. The Morgan fingerprint density at radius 2 is 1.86 bits per heavy atom. The van der Waals surface area contributed by atoms with Crippen molar-refractivity contribution in [1.82, 2.24) is 4.90 Å². The number of anilines is 1. The molecule has 0 aliphatic carbocycles. The molecule has 1 saturated heterocycles. The van der Waals surface area contributed by atoms with Crippen molar-refractivity contribution in [3.63, 3.8) is 0 Å². The van der Waals surface area contributed by atoms with Gasteiger partial charge in [0.2, 0.25) is 0 Å². The van der Waals surface area contributed by atoms with Gasteiger partial charge in [0.25, 0.3) is 5.91 Å². The van der Waals surface area contributed by atoms with Crippen LogP contribution in [0.1, 0.15) is 6.42 Å². The van der Waals surface area contributed by atoms with Gasteiger partial charge >= 0.3 is 0 Å². The fourth-order valence-corrected chi connectivity index (χ4v) is 3.61. The number of carbonyl (C=O) groups excluding carboxylic acids is 1. The number of morpholine rings is 1. The normalized spacial score (nSPS) is 18.7. The molecule has 0 radical (unpaired) electrons. The molecule has 154 valence electrons. The third-order valence-electron chi connectivity index (χ3n) is 5.11. The minimum absolute atomic E-state index is 0.00960. The molecule has 4 rings (SSSR count). The number of nitrogens with zero attached hydrogens (tertiary/aromatic N) is 2. The van der Waals surface area contributed by atoms with Crippen molar-refractivity contribution < 1.29 is 23.4 Å². The van der Waals surface area contributed by atoms with E-state index in [9.17, 15) is 9.18 Å². The van der Waals surface area contributed by atoms with E-state index in [1.807, 2.05) is 29.2 Å². The predicted octanol–water partition coefficient (Wildman–Crippen LogP) is 2.72. The highest BCUT2D eigenvalue weighted by Crippen LogP contribution is 2.33. The highest BCUT2D eigenvalue weighted by Gasteiger charge is 2.33. The minimum atomic E-state index is -0.527. The van der Waals surface area contributed by atoms with E-state index in [4.69, 9.17) is 14.2 Å². The molecule has 0 unspecified atom stereocenters. The summed E-state index contributed by atoms with van der Waals surface area (Å²) in [6.45, 7) is 4.09. The summed E-state index contributed by atoms with van der Waals surface area (Å²) in [7, 11) is 0. The van der Waals surface area contributed by atoms with Gasteiger partial charge in [0, 0.05) is 19.6 Å². The Morgan fingerprint density at radius 3 is 2.66 bits per heavy atom. The van der Waals surface area contributed by atoms with Crippen LogP contribution in [0, 0.1) is 5.82 Å². The molecule has 1 fully saturated rings. The van der Waals surface area contributed by atoms with E-state index in [1.54, 1.807) is 12.1 Å². The Kier molecular flexibility index (Phi) is 6.14. The molecule has 1 atom stereocenters. The van der Waals surface area contributed by atoms with Crippen LogP contribution < -0.4 is 14.4 Å². The van der Waals surface area contributed by atoms with E-state index >= 15 is 0 Å². The first-order chi connectivity index (χ1) is 14.2. The number of hydrogen-bond acceptors (Lipinski definition) is 5. The van der Waals surface area contributed by atoms with Crippen LogP contribution in [0.4, 0.5) is 10.1 Å². The van der Waals surface area contributed by atoms with Gasteiger partial charge in [-0.25, -0.2) is 4.39 Å². The lowest BCUT2D eigenvalue weighted by molar-refractivity contribution is -0.142. The van der Waals surface area contributed by atoms with Crippen LogP contribution in [0.25, 0.3) is 0 Å². The Balaban J connectivity index is 1.37. The molecule has 7 heteroatoms. The largest absolute Gasteiger partial charge is 0.494 e. The molecule has 1 amide bonds. The molecule has 2 aromatic rings. The molecule has 29 heavy (non-hydrogen) atoms. The van der Waals surface area contributed by atoms with Gasteiger partial charge < -0.3 is 24.0 Å². The van der Waals surface area contributed by atoms with Crippen molar-refractivity contribution in [2.24, 2.45) is 0 Å². The number of fused-ring (bicyclic) bond motifs is 1. The molecule has 0 bridgehead atoms. The summed E-state index contributed by atoms with van der Waals surface area (Å²) in [5, 5.41) is 0. The van der Waals surface area contributed by atoms with Crippen molar-refractivity contribution in [3.8, 4) is 11.5 Å². The SMILES string of the molecule is O=C([C@H]1CN(CCCOc2ccc(F)cc2)c2ccccc2O1)N1CCOCC1. The lowest BCUT2D eigenvalue weighted by Crippen LogP contribution is -2.53. The Labute approximate surface area is 169 Å². The number of rotatable bonds is 6. The first-order valence-electron chi connectivity index (χ1n) is 9.96. The molecule has 2 aromatic carbocycles. The molecule has 2 aliphatic rings. The van der Waals surface area contributed by atoms with Gasteiger partial charge in [0.05, 0.1) is 32.1 Å². The van der Waals surface area contributed by atoms with Crippen LogP contribution in [0.3, 0.4) is 0 Å². The van der Waals surface area contributed by atoms with E-state index in [0.29, 0.717) is 45.2 Å². The van der Waals surface area contributed by atoms with Crippen molar-refractivity contribution in [1.29, 1.82) is 0 Å². The van der Waals surface area contributed by atoms with Gasteiger partial charge in [0.15, 0.2) is 6.10 Å². The number of amides is 1. The van der Waals surface area contributed by atoms with Crippen LogP contribution in [0.2, 0.25) is 0 Å². The summed E-state index contributed by atoms with van der Waals surface area (Å²) in [5.41, 5.74) is 0.986. The zero-order chi connectivity index (χ0) is 20.1. The van der Waals surface area contributed by atoms with Crippen molar-refractivity contribution in [3.05, 3.63) is 54.3 Å². The van der Waals surface area contributed by atoms with Gasteiger partial charge in [-0.05, 0) is 42.8 Å². The third kappa shape index (κ3) is 4.79. The highest BCUT2D eigenvalue weighted by molar-refractivity contribution is 5.83. The molecule has 0 aromatic heterocycles. The molecule has 0 spiro atoms. The van der Waals surface area contributed by atoms with Crippen LogP contribution in [-0.2, 0) is 9.53 Å². The maximum absolute atomic E-state index is 13.0. The Bertz CT molecular complexity index is 824. The number of benzene rings is 2. The second-order valence-electron chi connectivity index (χ2n) is 7.11. The summed E-state index contributed by atoms with van der Waals surface area (Å²) in [4.78, 5) is 16.9. The maximum Gasteiger partial charge on any atom is 0.265 e. The number of hydrogen-bond donors (Lipinski definition) is 0. The summed E-state index contributed by atoms with van der Waals surface area (Å²) in [6, 6.07) is 13.8. The van der Waals surface area contributed by atoms with Gasteiger partial charge in [-0.1, -0.05) is 12.1 Å². The number of ether oxygens (including phenoxy) is 3. The topological polar surface area (TPSA) is 51.2 Å². The number of para-hydroxylation sites is 2. The van der Waals surface area contributed by atoms with E-state index < -0.39 is 6.10 Å². The summed E-state index contributed by atoms with van der Waals surface area (Å²) in [5.74, 6) is 1.10. The van der Waals surface area contributed by atoms with Crippen molar-refractivity contribution in [2.75, 3.05) is 50.9 Å². The quantitative estimate of drug-likeness (QED) is 0.698. The van der Waals surface area contributed by atoms with Crippen molar-refractivity contribution in [2.45, 2.75) is 12.5 Å². The summed E-state index contributed by atoms with van der Waals surface area (Å²) in [6.07, 6.45) is 0.241. The summed E-state index contributed by atoms with van der Waals surface area (Å²) < 4.78 is 30.0. The maximum atomic E-state index is 13.0. The molecule has 0 saturated carbocycles. The van der Waals surface area contributed by atoms with E-state index in [0.717, 1.165) is 24.4 Å². The van der Waals surface area contributed by atoms with Crippen LogP contribution >= 0.6 is 0 Å². The Morgan fingerprint density at radius 1 is 1.10 bits per heavy atom. The molecule has 2 aliphatic heterocycles. The fourth-order valence-electron chi connectivity index (χ4n) is 3.61. The van der Waals surface area contributed by atoms with Crippen molar-refractivity contribution >= 4 is 11.6 Å². The molecule has 0 N–H and O–H groups in total.